The second kappa shape index (κ2) is 13.6. The summed E-state index contributed by atoms with van der Waals surface area (Å²) < 4.78 is 64.0. The molecule has 4 aliphatic rings. The number of epoxide rings is 1. The van der Waals surface area contributed by atoms with Gasteiger partial charge in [-0.05, 0) is 117 Å². The fourth-order valence-electron chi connectivity index (χ4n) is 8.83. The highest BCUT2D eigenvalue weighted by molar-refractivity contribution is 5.32. The lowest BCUT2D eigenvalue weighted by Gasteiger charge is -2.38. The number of hydrogen-bond donors (Lipinski definition) is 1. The number of aliphatic hydroxyl groups excluding tert-OH is 1. The third-order valence-electron chi connectivity index (χ3n) is 11.7. The van der Waals surface area contributed by atoms with E-state index in [0.29, 0.717) is 41.6 Å². The predicted octanol–water partition coefficient (Wildman–Crippen LogP) is 10.6. The summed E-state index contributed by atoms with van der Waals surface area (Å²) in [4.78, 5) is 0. The van der Waals surface area contributed by atoms with Crippen molar-refractivity contribution in [2.24, 2.45) is 23.7 Å². The molecule has 4 fully saturated rings. The van der Waals surface area contributed by atoms with Gasteiger partial charge in [-0.1, -0.05) is 56.9 Å². The zero-order valence-electron chi connectivity index (χ0n) is 25.6. The van der Waals surface area contributed by atoms with Crippen LogP contribution < -0.4 is 0 Å². The number of ether oxygens (including phenoxy) is 1. The summed E-state index contributed by atoms with van der Waals surface area (Å²) >= 11 is 0. The van der Waals surface area contributed by atoms with Crippen molar-refractivity contribution in [2.75, 3.05) is 6.61 Å². The standard InChI is InChI=1S/C37H48F4O2/c1-2-32(42)30-19-17-28(34(38)36(30)40)26-11-7-23(8-12-26)4-3-22-5-9-24(10-6-22)25-13-15-27(16-14-25)29-18-20-31(33-21-43-33)37(41)35(29)39/h17-20,22-27,32-33,42H,2-16,21H2,1H3. The van der Waals surface area contributed by atoms with Gasteiger partial charge in [-0.15, -0.1) is 0 Å². The molecule has 6 rings (SSSR count). The van der Waals surface area contributed by atoms with Gasteiger partial charge < -0.3 is 9.84 Å². The number of benzene rings is 2. The van der Waals surface area contributed by atoms with Crippen molar-refractivity contribution in [2.45, 2.75) is 127 Å². The van der Waals surface area contributed by atoms with Gasteiger partial charge in [0.15, 0.2) is 23.3 Å². The van der Waals surface area contributed by atoms with Gasteiger partial charge in [0.25, 0.3) is 0 Å². The molecule has 1 heterocycles. The van der Waals surface area contributed by atoms with Crippen LogP contribution in [0.5, 0.6) is 0 Å². The van der Waals surface area contributed by atoms with E-state index in [-0.39, 0.29) is 23.5 Å². The molecule has 2 aromatic carbocycles. The third-order valence-corrected chi connectivity index (χ3v) is 11.7. The molecule has 0 amide bonds. The molecule has 1 aliphatic heterocycles. The van der Waals surface area contributed by atoms with Crippen LogP contribution >= 0.6 is 0 Å². The van der Waals surface area contributed by atoms with Crippen molar-refractivity contribution in [3.05, 3.63) is 69.8 Å². The topological polar surface area (TPSA) is 32.8 Å². The van der Waals surface area contributed by atoms with Crippen LogP contribution in [0, 0.1) is 46.9 Å². The Labute approximate surface area is 254 Å². The second-order valence-corrected chi connectivity index (χ2v) is 14.2. The maximum absolute atomic E-state index is 14.8. The fourth-order valence-corrected chi connectivity index (χ4v) is 8.83. The highest BCUT2D eigenvalue weighted by Gasteiger charge is 2.35. The Morgan fingerprint density at radius 1 is 0.628 bits per heavy atom. The van der Waals surface area contributed by atoms with Crippen molar-refractivity contribution in [1.29, 1.82) is 0 Å². The minimum Gasteiger partial charge on any atom is -0.388 e. The van der Waals surface area contributed by atoms with E-state index in [1.165, 1.54) is 38.5 Å². The molecule has 0 spiro atoms. The van der Waals surface area contributed by atoms with Crippen LogP contribution in [0.3, 0.4) is 0 Å². The van der Waals surface area contributed by atoms with E-state index < -0.39 is 29.4 Å². The molecule has 6 heteroatoms. The van der Waals surface area contributed by atoms with Crippen LogP contribution in [0.2, 0.25) is 0 Å². The molecule has 43 heavy (non-hydrogen) atoms. The van der Waals surface area contributed by atoms with Gasteiger partial charge in [0.1, 0.15) is 6.10 Å². The minimum absolute atomic E-state index is 0.0660. The van der Waals surface area contributed by atoms with Gasteiger partial charge >= 0.3 is 0 Å². The maximum atomic E-state index is 14.8. The number of hydrogen-bond acceptors (Lipinski definition) is 2. The van der Waals surface area contributed by atoms with Crippen molar-refractivity contribution >= 4 is 0 Å². The van der Waals surface area contributed by atoms with Gasteiger partial charge in [0.2, 0.25) is 0 Å². The molecule has 0 bridgehead atoms. The summed E-state index contributed by atoms with van der Waals surface area (Å²) in [5, 5.41) is 9.97. The van der Waals surface area contributed by atoms with E-state index in [9.17, 15) is 22.7 Å². The highest BCUT2D eigenvalue weighted by atomic mass is 19.2. The Hall–Kier alpha value is -1.92. The van der Waals surface area contributed by atoms with Crippen LogP contribution in [-0.4, -0.2) is 11.7 Å². The van der Waals surface area contributed by atoms with Gasteiger partial charge in [-0.25, -0.2) is 17.6 Å². The molecule has 0 radical (unpaired) electrons. The first-order valence-electron chi connectivity index (χ1n) is 17.1. The first-order valence-corrected chi connectivity index (χ1v) is 17.1. The Balaban J connectivity index is 0.908. The Morgan fingerprint density at radius 3 is 1.58 bits per heavy atom. The maximum Gasteiger partial charge on any atom is 0.165 e. The summed E-state index contributed by atoms with van der Waals surface area (Å²) in [6.45, 7) is 2.24. The molecule has 2 nitrogen and oxygen atoms in total. The normalized spacial score (nSPS) is 32.0. The SMILES string of the molecule is CCC(O)c1ccc(C2CCC(CCC3CCC(C4CCC(c5ccc(C6CO6)c(F)c5F)CC4)CC3)CC2)c(F)c1F. The molecule has 3 saturated carbocycles. The summed E-state index contributed by atoms with van der Waals surface area (Å²) in [6.07, 6.45) is 14.9. The highest BCUT2D eigenvalue weighted by Crippen LogP contribution is 2.47. The average Bonchev–Trinajstić information content (AvgIpc) is 3.89. The summed E-state index contributed by atoms with van der Waals surface area (Å²) in [7, 11) is 0. The zero-order valence-corrected chi connectivity index (χ0v) is 25.6. The molecule has 1 saturated heterocycles. The summed E-state index contributed by atoms with van der Waals surface area (Å²) in [6, 6.07) is 6.79. The monoisotopic (exact) mass is 600 g/mol. The lowest BCUT2D eigenvalue weighted by atomic mass is 9.67. The van der Waals surface area contributed by atoms with Crippen LogP contribution in [0.1, 0.15) is 150 Å². The van der Waals surface area contributed by atoms with E-state index in [1.54, 1.807) is 31.2 Å². The fraction of sp³-hybridized carbons (Fsp3) is 0.676. The molecule has 2 unspecified atom stereocenters. The van der Waals surface area contributed by atoms with E-state index in [0.717, 1.165) is 63.2 Å². The average molecular weight is 601 g/mol. The van der Waals surface area contributed by atoms with E-state index in [2.05, 4.69) is 0 Å². The number of aliphatic hydroxyl groups is 1. The van der Waals surface area contributed by atoms with E-state index in [1.807, 2.05) is 0 Å². The Bertz CT molecular complexity index is 1240. The van der Waals surface area contributed by atoms with Gasteiger partial charge in [-0.2, -0.15) is 0 Å². The second-order valence-electron chi connectivity index (χ2n) is 14.2. The Kier molecular flexibility index (Phi) is 9.83. The third kappa shape index (κ3) is 6.85. The Morgan fingerprint density at radius 2 is 1.05 bits per heavy atom. The van der Waals surface area contributed by atoms with Gasteiger partial charge in [-0.3, -0.25) is 0 Å². The lowest BCUT2D eigenvalue weighted by Crippen LogP contribution is -2.26. The smallest absolute Gasteiger partial charge is 0.165 e. The zero-order chi connectivity index (χ0) is 30.1. The van der Waals surface area contributed by atoms with Crippen molar-refractivity contribution in [3.8, 4) is 0 Å². The summed E-state index contributed by atoms with van der Waals surface area (Å²) in [5.41, 5.74) is 1.47. The van der Waals surface area contributed by atoms with E-state index >= 15 is 0 Å². The largest absolute Gasteiger partial charge is 0.388 e. The van der Waals surface area contributed by atoms with Crippen molar-refractivity contribution < 1.29 is 27.4 Å². The number of rotatable bonds is 9. The first-order chi connectivity index (χ1) is 20.8. The molecular weight excluding hydrogens is 552 g/mol. The molecule has 2 aromatic rings. The predicted molar refractivity (Wildman–Crippen MR) is 161 cm³/mol. The minimum atomic E-state index is -0.960. The molecule has 1 N–H and O–H groups in total. The molecule has 0 aromatic heterocycles. The molecule has 3 aliphatic carbocycles. The van der Waals surface area contributed by atoms with Crippen LogP contribution in [-0.2, 0) is 4.74 Å². The summed E-state index contributed by atoms with van der Waals surface area (Å²) in [5.74, 6) is 0.118. The molecule has 2 atom stereocenters. The quantitative estimate of drug-likeness (QED) is 0.229. The van der Waals surface area contributed by atoms with Crippen LogP contribution in [0.15, 0.2) is 24.3 Å². The van der Waals surface area contributed by atoms with Gasteiger partial charge in [0.05, 0.1) is 12.7 Å². The lowest BCUT2D eigenvalue weighted by molar-refractivity contribution is 0.150. The van der Waals surface area contributed by atoms with E-state index in [4.69, 9.17) is 4.74 Å². The van der Waals surface area contributed by atoms with Crippen molar-refractivity contribution in [3.63, 3.8) is 0 Å². The van der Waals surface area contributed by atoms with Crippen molar-refractivity contribution in [1.82, 2.24) is 0 Å². The van der Waals surface area contributed by atoms with Crippen LogP contribution in [0.25, 0.3) is 0 Å². The molecular formula is C37H48F4O2. The molecule has 236 valence electrons. The number of halogens is 4. The first kappa shape index (κ1) is 31.1. The van der Waals surface area contributed by atoms with Gasteiger partial charge in [0, 0.05) is 11.1 Å². The van der Waals surface area contributed by atoms with Crippen LogP contribution in [0.4, 0.5) is 17.6 Å².